The fraction of sp³-hybridized carbons (Fsp3) is 1.00. The molecule has 2 heteroatoms. The maximum Gasteiger partial charge on any atom is 0.0122 e. The lowest BCUT2D eigenvalue weighted by Gasteiger charge is -2.40. The third-order valence-electron chi connectivity index (χ3n) is 3.64. The fourth-order valence-corrected chi connectivity index (χ4v) is 2.33. The van der Waals surface area contributed by atoms with Gasteiger partial charge in [-0.15, -0.1) is 0 Å². The first kappa shape index (κ1) is 9.47. The van der Waals surface area contributed by atoms with Crippen LogP contribution in [0, 0.1) is 5.92 Å². The molecule has 0 spiro atoms. The van der Waals surface area contributed by atoms with Crippen molar-refractivity contribution < 1.29 is 0 Å². The van der Waals surface area contributed by atoms with Crippen LogP contribution >= 0.6 is 0 Å². The molecule has 2 aliphatic rings. The Labute approximate surface area is 81.7 Å². The molecule has 0 aromatic carbocycles. The molecule has 1 aliphatic carbocycles. The van der Waals surface area contributed by atoms with E-state index >= 15 is 0 Å². The molecule has 1 saturated carbocycles. The van der Waals surface area contributed by atoms with Gasteiger partial charge in [-0.05, 0) is 39.2 Å². The normalized spacial score (nSPS) is 42.2. The summed E-state index contributed by atoms with van der Waals surface area (Å²) in [4.78, 5) is 2.48. The summed E-state index contributed by atoms with van der Waals surface area (Å²) in [5, 5.41) is 3.77. The van der Waals surface area contributed by atoms with E-state index in [2.05, 4.69) is 31.1 Å². The summed E-state index contributed by atoms with van der Waals surface area (Å²) in [5.74, 6) is 0.821. The van der Waals surface area contributed by atoms with E-state index in [1.54, 1.807) is 0 Å². The summed E-state index contributed by atoms with van der Waals surface area (Å²) < 4.78 is 0. The van der Waals surface area contributed by atoms with E-state index in [1.165, 1.54) is 25.8 Å². The molecule has 0 bridgehead atoms. The Balaban J connectivity index is 1.86. The molecule has 1 N–H and O–H groups in total. The zero-order chi connectivity index (χ0) is 9.42. The van der Waals surface area contributed by atoms with Crippen molar-refractivity contribution in [3.63, 3.8) is 0 Å². The van der Waals surface area contributed by atoms with Crippen molar-refractivity contribution in [2.75, 3.05) is 13.6 Å². The SMILES string of the molecule is C[C@@H]1CN(C)[C@@H](C)C[C@H]1NC1CC1. The van der Waals surface area contributed by atoms with Crippen molar-refractivity contribution in [3.8, 4) is 0 Å². The van der Waals surface area contributed by atoms with Crippen molar-refractivity contribution >= 4 is 0 Å². The predicted octanol–water partition coefficient (Wildman–Crippen LogP) is 1.47. The Morgan fingerprint density at radius 1 is 1.23 bits per heavy atom. The standard InChI is InChI=1S/C11H22N2/c1-8-7-13(3)9(2)6-11(8)12-10-4-5-10/h8-12H,4-7H2,1-3H3/t8-,9+,11-/m1/s1. The minimum atomic E-state index is 0.757. The number of rotatable bonds is 2. The molecule has 2 fully saturated rings. The number of piperidine rings is 1. The summed E-state index contributed by atoms with van der Waals surface area (Å²) in [7, 11) is 2.24. The van der Waals surface area contributed by atoms with E-state index in [0.717, 1.165) is 24.0 Å². The molecule has 0 aromatic heterocycles. The van der Waals surface area contributed by atoms with Crippen LogP contribution < -0.4 is 5.32 Å². The van der Waals surface area contributed by atoms with Gasteiger partial charge >= 0.3 is 0 Å². The van der Waals surface area contributed by atoms with Crippen molar-refractivity contribution in [2.24, 2.45) is 5.92 Å². The van der Waals surface area contributed by atoms with Crippen LogP contribution in [0.25, 0.3) is 0 Å². The van der Waals surface area contributed by atoms with Gasteiger partial charge in [0.1, 0.15) is 0 Å². The quantitative estimate of drug-likeness (QED) is 0.695. The highest BCUT2D eigenvalue weighted by atomic mass is 15.2. The van der Waals surface area contributed by atoms with Crippen molar-refractivity contribution in [1.29, 1.82) is 0 Å². The monoisotopic (exact) mass is 182 g/mol. The maximum atomic E-state index is 3.77. The zero-order valence-electron chi connectivity index (χ0n) is 9.09. The third-order valence-corrected chi connectivity index (χ3v) is 3.64. The zero-order valence-corrected chi connectivity index (χ0v) is 9.09. The summed E-state index contributed by atoms with van der Waals surface area (Å²) in [5.41, 5.74) is 0. The third kappa shape index (κ3) is 2.23. The van der Waals surface area contributed by atoms with Gasteiger partial charge in [0.05, 0.1) is 0 Å². The highest BCUT2D eigenvalue weighted by Gasteiger charge is 2.32. The number of nitrogens with one attached hydrogen (secondary N) is 1. The summed E-state index contributed by atoms with van der Waals surface area (Å²) in [6, 6.07) is 2.40. The molecule has 76 valence electrons. The van der Waals surface area contributed by atoms with E-state index in [0.29, 0.717) is 0 Å². The smallest absolute Gasteiger partial charge is 0.0122 e. The predicted molar refractivity (Wildman–Crippen MR) is 55.8 cm³/mol. The van der Waals surface area contributed by atoms with Crippen LogP contribution in [0.15, 0.2) is 0 Å². The average Bonchev–Trinajstić information content (AvgIpc) is 2.84. The highest BCUT2D eigenvalue weighted by Crippen LogP contribution is 2.26. The van der Waals surface area contributed by atoms with Gasteiger partial charge in [-0.1, -0.05) is 6.92 Å². The highest BCUT2D eigenvalue weighted by molar-refractivity contribution is 4.91. The number of likely N-dealkylation sites (tertiary alicyclic amines) is 1. The number of hydrogen-bond acceptors (Lipinski definition) is 2. The first-order chi connectivity index (χ1) is 6.16. The van der Waals surface area contributed by atoms with E-state index in [9.17, 15) is 0 Å². The topological polar surface area (TPSA) is 15.3 Å². The summed E-state index contributed by atoms with van der Waals surface area (Å²) in [6.07, 6.45) is 4.15. The first-order valence-corrected chi connectivity index (χ1v) is 5.63. The van der Waals surface area contributed by atoms with E-state index < -0.39 is 0 Å². The van der Waals surface area contributed by atoms with Crippen LogP contribution in [0.5, 0.6) is 0 Å². The second-order valence-electron chi connectivity index (χ2n) is 5.05. The lowest BCUT2D eigenvalue weighted by Crippen LogP contribution is -2.51. The molecule has 0 aromatic rings. The van der Waals surface area contributed by atoms with E-state index in [-0.39, 0.29) is 0 Å². The molecular weight excluding hydrogens is 160 g/mol. The molecule has 1 heterocycles. The van der Waals surface area contributed by atoms with Gasteiger partial charge in [-0.2, -0.15) is 0 Å². The second kappa shape index (κ2) is 3.58. The van der Waals surface area contributed by atoms with Crippen LogP contribution in [0.1, 0.15) is 33.1 Å². The van der Waals surface area contributed by atoms with Gasteiger partial charge in [0.15, 0.2) is 0 Å². The van der Waals surface area contributed by atoms with E-state index in [1.807, 2.05) is 0 Å². The van der Waals surface area contributed by atoms with Gasteiger partial charge in [0.25, 0.3) is 0 Å². The minimum absolute atomic E-state index is 0.757. The molecule has 1 saturated heterocycles. The van der Waals surface area contributed by atoms with Crippen molar-refractivity contribution in [1.82, 2.24) is 10.2 Å². The van der Waals surface area contributed by atoms with Crippen molar-refractivity contribution in [2.45, 2.75) is 51.2 Å². The lowest BCUT2D eigenvalue weighted by atomic mass is 9.90. The molecule has 2 nitrogen and oxygen atoms in total. The molecule has 0 unspecified atom stereocenters. The second-order valence-corrected chi connectivity index (χ2v) is 5.05. The molecular formula is C11H22N2. The number of hydrogen-bond donors (Lipinski definition) is 1. The van der Waals surface area contributed by atoms with Crippen molar-refractivity contribution in [3.05, 3.63) is 0 Å². The van der Waals surface area contributed by atoms with Crippen LogP contribution in [-0.4, -0.2) is 36.6 Å². The Hall–Kier alpha value is -0.0800. The molecule has 3 atom stereocenters. The summed E-state index contributed by atoms with van der Waals surface area (Å²) in [6.45, 7) is 5.97. The van der Waals surface area contributed by atoms with Gasteiger partial charge in [-0.3, -0.25) is 0 Å². The number of nitrogens with zero attached hydrogens (tertiary/aromatic N) is 1. The first-order valence-electron chi connectivity index (χ1n) is 5.63. The Bertz CT molecular complexity index is 177. The molecule has 13 heavy (non-hydrogen) atoms. The van der Waals surface area contributed by atoms with Gasteiger partial charge < -0.3 is 10.2 Å². The van der Waals surface area contributed by atoms with E-state index in [4.69, 9.17) is 0 Å². The van der Waals surface area contributed by atoms with Crippen LogP contribution in [0.2, 0.25) is 0 Å². The minimum Gasteiger partial charge on any atom is -0.311 e. The molecule has 0 amide bonds. The van der Waals surface area contributed by atoms with Crippen LogP contribution in [0.3, 0.4) is 0 Å². The molecule has 2 rings (SSSR count). The summed E-state index contributed by atoms with van der Waals surface area (Å²) >= 11 is 0. The van der Waals surface area contributed by atoms with Gasteiger partial charge in [0.2, 0.25) is 0 Å². The van der Waals surface area contributed by atoms with Crippen LogP contribution in [0.4, 0.5) is 0 Å². The molecule has 1 aliphatic heterocycles. The lowest BCUT2D eigenvalue weighted by molar-refractivity contribution is 0.121. The van der Waals surface area contributed by atoms with Gasteiger partial charge in [0, 0.05) is 24.7 Å². The molecule has 0 radical (unpaired) electrons. The Morgan fingerprint density at radius 2 is 1.92 bits per heavy atom. The van der Waals surface area contributed by atoms with Gasteiger partial charge in [-0.25, -0.2) is 0 Å². The Morgan fingerprint density at radius 3 is 2.54 bits per heavy atom. The van der Waals surface area contributed by atoms with Crippen LogP contribution in [-0.2, 0) is 0 Å². The maximum absolute atomic E-state index is 3.77. The fourth-order valence-electron chi connectivity index (χ4n) is 2.33. The Kier molecular flexibility index (Phi) is 2.61. The average molecular weight is 182 g/mol. The largest absolute Gasteiger partial charge is 0.311 e.